The van der Waals surface area contributed by atoms with E-state index in [9.17, 15) is 9.18 Å². The van der Waals surface area contributed by atoms with E-state index in [0.29, 0.717) is 26.3 Å². The first-order valence-corrected chi connectivity index (χ1v) is 6.66. The maximum absolute atomic E-state index is 13.2. The molecule has 19 heavy (non-hydrogen) atoms. The molecule has 5 heteroatoms. The highest BCUT2D eigenvalue weighted by atomic mass is 79.9. The molecule has 2 rings (SSSR count). The van der Waals surface area contributed by atoms with Gasteiger partial charge in [0.05, 0.1) is 0 Å². The van der Waals surface area contributed by atoms with Crippen molar-refractivity contribution in [1.82, 2.24) is 0 Å². The Bertz CT molecular complexity index is 625. The van der Waals surface area contributed by atoms with Gasteiger partial charge in [0.25, 0.3) is 0 Å². The minimum atomic E-state index is -0.388. The Kier molecular flexibility index (Phi) is 4.22. The van der Waals surface area contributed by atoms with Crippen LogP contribution in [0, 0.1) is 5.82 Å². The quantitative estimate of drug-likeness (QED) is 0.669. The van der Waals surface area contributed by atoms with Gasteiger partial charge in [-0.15, -0.1) is 0 Å². The highest BCUT2D eigenvalue weighted by molar-refractivity contribution is 9.10. The molecule has 98 valence electrons. The van der Waals surface area contributed by atoms with E-state index >= 15 is 0 Å². The molecule has 2 N–H and O–H groups in total. The lowest BCUT2D eigenvalue weighted by molar-refractivity contribution is 0.0994. The lowest BCUT2D eigenvalue weighted by atomic mass is 10.0. The van der Waals surface area contributed by atoms with Crippen LogP contribution in [0.3, 0.4) is 0 Å². The third-order valence-corrected chi connectivity index (χ3v) is 3.29. The van der Waals surface area contributed by atoms with E-state index in [1.165, 1.54) is 18.2 Å². The molecule has 0 saturated heterocycles. The maximum Gasteiger partial charge on any atom is 0.169 e. The summed E-state index contributed by atoms with van der Waals surface area (Å²) in [6.45, 7) is 0. The fourth-order valence-electron chi connectivity index (χ4n) is 1.78. The molecule has 0 spiro atoms. The highest BCUT2D eigenvalue weighted by Gasteiger charge is 2.12. The van der Waals surface area contributed by atoms with Crippen LogP contribution in [0.2, 0.25) is 5.02 Å². The second-order valence-electron chi connectivity index (χ2n) is 4.11. The fourth-order valence-corrected chi connectivity index (χ4v) is 2.47. The number of carbonyl (C=O) groups is 1. The van der Waals surface area contributed by atoms with E-state index in [1.807, 2.05) is 0 Å². The van der Waals surface area contributed by atoms with Crippen molar-refractivity contribution in [1.29, 1.82) is 0 Å². The number of Topliss-reactive ketones (excluding diaryl/α,β-unsaturated/α-hetero) is 1. The molecule has 0 aliphatic rings. The topological polar surface area (TPSA) is 43.1 Å². The van der Waals surface area contributed by atoms with Crippen molar-refractivity contribution in [2.75, 3.05) is 5.73 Å². The molecule has 0 amide bonds. The molecule has 2 aromatic rings. The Balaban J connectivity index is 2.25. The van der Waals surface area contributed by atoms with Crippen LogP contribution in [0.5, 0.6) is 0 Å². The third-order valence-electron chi connectivity index (χ3n) is 2.60. The monoisotopic (exact) mass is 341 g/mol. The number of anilines is 1. The van der Waals surface area contributed by atoms with Crippen LogP contribution in [0.1, 0.15) is 15.9 Å². The van der Waals surface area contributed by atoms with Crippen LogP contribution in [-0.4, -0.2) is 5.78 Å². The molecular weight excluding hydrogens is 333 g/mol. The van der Waals surface area contributed by atoms with Crippen molar-refractivity contribution in [3.63, 3.8) is 0 Å². The van der Waals surface area contributed by atoms with Crippen LogP contribution < -0.4 is 5.73 Å². The Morgan fingerprint density at radius 2 is 2.00 bits per heavy atom. The van der Waals surface area contributed by atoms with Crippen molar-refractivity contribution in [2.45, 2.75) is 6.42 Å². The lowest BCUT2D eigenvalue weighted by Gasteiger charge is -2.06. The number of rotatable bonds is 3. The standard InChI is InChI=1S/C14H10BrClFNO/c15-9-3-8(4-11(17)6-9)5-14(19)12-2-1-10(16)7-13(12)18/h1-4,6-7H,5,18H2. The number of benzene rings is 2. The zero-order valence-corrected chi connectivity index (χ0v) is 12.1. The molecule has 0 bridgehead atoms. The average molecular weight is 343 g/mol. The molecule has 0 saturated carbocycles. The first-order valence-electron chi connectivity index (χ1n) is 5.49. The van der Waals surface area contributed by atoms with E-state index < -0.39 is 0 Å². The number of nitrogens with two attached hydrogens (primary N) is 1. The van der Waals surface area contributed by atoms with E-state index in [0.717, 1.165) is 0 Å². The summed E-state index contributed by atoms with van der Waals surface area (Å²) in [7, 11) is 0. The van der Waals surface area contributed by atoms with Crippen molar-refractivity contribution in [3.05, 3.63) is 62.8 Å². The number of hydrogen-bond donors (Lipinski definition) is 1. The summed E-state index contributed by atoms with van der Waals surface area (Å²) in [5.41, 5.74) is 7.06. The molecule has 0 aromatic heterocycles. The Morgan fingerprint density at radius 1 is 1.26 bits per heavy atom. The summed E-state index contributed by atoms with van der Waals surface area (Å²) in [4.78, 5) is 12.1. The zero-order valence-electron chi connectivity index (χ0n) is 9.79. The third kappa shape index (κ3) is 3.55. The summed E-state index contributed by atoms with van der Waals surface area (Å²) < 4.78 is 13.8. The van der Waals surface area contributed by atoms with Crippen LogP contribution >= 0.6 is 27.5 Å². The van der Waals surface area contributed by atoms with E-state index in [-0.39, 0.29) is 18.0 Å². The summed E-state index contributed by atoms with van der Waals surface area (Å²) >= 11 is 8.97. The van der Waals surface area contributed by atoms with Gasteiger partial charge in [-0.2, -0.15) is 0 Å². The summed E-state index contributed by atoms with van der Waals surface area (Å²) in [6.07, 6.45) is 0.0855. The number of ketones is 1. The smallest absolute Gasteiger partial charge is 0.169 e. The molecule has 0 heterocycles. The number of halogens is 3. The number of hydrogen-bond acceptors (Lipinski definition) is 2. The molecule has 0 aliphatic heterocycles. The molecule has 0 fully saturated rings. The van der Waals surface area contributed by atoms with Crippen molar-refractivity contribution in [3.8, 4) is 0 Å². The fraction of sp³-hybridized carbons (Fsp3) is 0.0714. The van der Waals surface area contributed by atoms with Gasteiger partial charge in [0.2, 0.25) is 0 Å². The maximum atomic E-state index is 13.2. The second-order valence-corrected chi connectivity index (χ2v) is 5.46. The Labute approximate surface area is 123 Å². The van der Waals surface area contributed by atoms with Gasteiger partial charge >= 0.3 is 0 Å². The van der Waals surface area contributed by atoms with Crippen LogP contribution in [-0.2, 0) is 6.42 Å². The van der Waals surface area contributed by atoms with Crippen LogP contribution in [0.15, 0.2) is 40.9 Å². The van der Waals surface area contributed by atoms with Gasteiger partial charge in [0.1, 0.15) is 5.82 Å². The molecule has 0 aliphatic carbocycles. The Hall–Kier alpha value is -1.39. The first-order chi connectivity index (χ1) is 8.95. The molecule has 0 atom stereocenters. The van der Waals surface area contributed by atoms with Crippen molar-refractivity contribution in [2.24, 2.45) is 0 Å². The summed E-state index contributed by atoms with van der Waals surface area (Å²) in [6, 6.07) is 9.07. The van der Waals surface area contributed by atoms with Crippen molar-refractivity contribution < 1.29 is 9.18 Å². The minimum Gasteiger partial charge on any atom is -0.398 e. The van der Waals surface area contributed by atoms with Gasteiger partial charge < -0.3 is 5.73 Å². The summed E-state index contributed by atoms with van der Waals surface area (Å²) in [5, 5.41) is 0.475. The molecule has 0 unspecified atom stereocenters. The van der Waals surface area contributed by atoms with E-state index in [1.54, 1.807) is 18.2 Å². The highest BCUT2D eigenvalue weighted by Crippen LogP contribution is 2.21. The van der Waals surface area contributed by atoms with Gasteiger partial charge in [0, 0.05) is 27.2 Å². The molecule has 0 radical (unpaired) electrons. The molecule has 2 nitrogen and oxygen atoms in total. The first kappa shape index (κ1) is 14.0. The Morgan fingerprint density at radius 3 is 2.63 bits per heavy atom. The normalized spacial score (nSPS) is 10.5. The van der Waals surface area contributed by atoms with Crippen LogP contribution in [0.4, 0.5) is 10.1 Å². The largest absolute Gasteiger partial charge is 0.398 e. The lowest BCUT2D eigenvalue weighted by Crippen LogP contribution is -2.07. The molecule has 2 aromatic carbocycles. The number of carbonyl (C=O) groups excluding carboxylic acids is 1. The van der Waals surface area contributed by atoms with Gasteiger partial charge in [-0.3, -0.25) is 4.79 Å². The average Bonchev–Trinajstić information content (AvgIpc) is 2.26. The van der Waals surface area contributed by atoms with Gasteiger partial charge in [-0.05, 0) is 42.0 Å². The van der Waals surface area contributed by atoms with Gasteiger partial charge in [-0.25, -0.2) is 4.39 Å². The second kappa shape index (κ2) is 5.72. The van der Waals surface area contributed by atoms with Gasteiger partial charge in [0.15, 0.2) is 5.78 Å². The number of nitrogen functional groups attached to an aromatic ring is 1. The van der Waals surface area contributed by atoms with E-state index in [2.05, 4.69) is 15.9 Å². The SMILES string of the molecule is Nc1cc(Cl)ccc1C(=O)Cc1cc(F)cc(Br)c1. The minimum absolute atomic E-state index is 0.0855. The van der Waals surface area contributed by atoms with Crippen LogP contribution in [0.25, 0.3) is 0 Å². The molecular formula is C14H10BrClFNO. The summed E-state index contributed by atoms with van der Waals surface area (Å²) in [5.74, 6) is -0.562. The predicted octanol–water partition coefficient (Wildman–Crippen LogP) is 4.25. The van der Waals surface area contributed by atoms with E-state index in [4.69, 9.17) is 17.3 Å². The zero-order chi connectivity index (χ0) is 14.0. The predicted molar refractivity (Wildman–Crippen MR) is 78.0 cm³/mol. The van der Waals surface area contributed by atoms with Crippen molar-refractivity contribution >= 4 is 39.0 Å². The van der Waals surface area contributed by atoms with Gasteiger partial charge in [-0.1, -0.05) is 27.5 Å².